The molecule has 1 heterocycles. The maximum atomic E-state index is 5.68. The SMILES string of the molecule is Cc1nc(N(C)C)oc1CC(C)N. The number of oxazole rings is 1. The van der Waals surface area contributed by atoms with E-state index in [1.54, 1.807) is 0 Å². The van der Waals surface area contributed by atoms with Gasteiger partial charge < -0.3 is 15.1 Å². The Balaban J connectivity index is 2.83. The summed E-state index contributed by atoms with van der Waals surface area (Å²) < 4.78 is 5.52. The third kappa shape index (κ3) is 2.45. The zero-order valence-corrected chi connectivity index (χ0v) is 8.66. The Kier molecular flexibility index (Phi) is 2.93. The van der Waals surface area contributed by atoms with E-state index in [9.17, 15) is 0 Å². The number of nitrogens with zero attached hydrogens (tertiary/aromatic N) is 2. The summed E-state index contributed by atoms with van der Waals surface area (Å²) in [6.45, 7) is 3.89. The molecule has 0 aliphatic heterocycles. The normalized spacial score (nSPS) is 13.0. The molecule has 4 heteroatoms. The first-order chi connectivity index (χ1) is 6.00. The van der Waals surface area contributed by atoms with Gasteiger partial charge in [0.15, 0.2) is 0 Å². The molecular formula is C9H17N3O. The zero-order valence-electron chi connectivity index (χ0n) is 8.66. The first kappa shape index (κ1) is 10.1. The van der Waals surface area contributed by atoms with E-state index in [0.717, 1.165) is 17.9 Å². The first-order valence-corrected chi connectivity index (χ1v) is 4.40. The lowest BCUT2D eigenvalue weighted by Crippen LogP contribution is -2.17. The van der Waals surface area contributed by atoms with E-state index in [-0.39, 0.29) is 6.04 Å². The molecule has 0 saturated carbocycles. The average molecular weight is 183 g/mol. The summed E-state index contributed by atoms with van der Waals surface area (Å²) in [4.78, 5) is 6.11. The topological polar surface area (TPSA) is 55.3 Å². The Labute approximate surface area is 78.7 Å². The van der Waals surface area contributed by atoms with Crippen LogP contribution < -0.4 is 10.6 Å². The third-order valence-electron chi connectivity index (χ3n) is 1.77. The van der Waals surface area contributed by atoms with Gasteiger partial charge in [-0.05, 0) is 13.8 Å². The smallest absolute Gasteiger partial charge is 0.297 e. The standard InChI is InChI=1S/C9H17N3O/c1-6(10)5-8-7(2)11-9(13-8)12(3)4/h6H,5,10H2,1-4H3. The van der Waals surface area contributed by atoms with E-state index >= 15 is 0 Å². The van der Waals surface area contributed by atoms with Crippen LogP contribution >= 0.6 is 0 Å². The Morgan fingerprint density at radius 3 is 2.54 bits per heavy atom. The van der Waals surface area contributed by atoms with Gasteiger partial charge >= 0.3 is 0 Å². The van der Waals surface area contributed by atoms with Crippen molar-refractivity contribution in [3.8, 4) is 0 Å². The summed E-state index contributed by atoms with van der Waals surface area (Å²) >= 11 is 0. The predicted octanol–water partition coefficient (Wildman–Crippen LogP) is 0.939. The summed E-state index contributed by atoms with van der Waals surface area (Å²) in [6, 6.07) is 0.759. The molecule has 4 nitrogen and oxygen atoms in total. The summed E-state index contributed by atoms with van der Waals surface area (Å²) in [5.74, 6) is 0.888. The van der Waals surface area contributed by atoms with E-state index in [1.807, 2.05) is 32.8 Å². The van der Waals surface area contributed by atoms with E-state index in [2.05, 4.69) is 4.98 Å². The molecule has 74 valence electrons. The Hall–Kier alpha value is -1.03. The number of aromatic nitrogens is 1. The number of anilines is 1. The van der Waals surface area contributed by atoms with Crippen molar-refractivity contribution < 1.29 is 4.42 Å². The highest BCUT2D eigenvalue weighted by Crippen LogP contribution is 2.17. The van der Waals surface area contributed by atoms with Gasteiger partial charge in [0.1, 0.15) is 5.76 Å². The summed E-state index contributed by atoms with van der Waals surface area (Å²) in [5, 5.41) is 0. The van der Waals surface area contributed by atoms with Crippen LogP contribution in [0.4, 0.5) is 6.01 Å². The number of hydrogen-bond donors (Lipinski definition) is 1. The second-order valence-corrected chi connectivity index (χ2v) is 3.58. The molecule has 1 rings (SSSR count). The van der Waals surface area contributed by atoms with Gasteiger partial charge in [-0.3, -0.25) is 0 Å². The Morgan fingerprint density at radius 1 is 1.54 bits per heavy atom. The molecule has 1 atom stereocenters. The molecule has 0 bridgehead atoms. The lowest BCUT2D eigenvalue weighted by molar-refractivity contribution is 0.487. The highest BCUT2D eigenvalue weighted by Gasteiger charge is 2.11. The highest BCUT2D eigenvalue weighted by molar-refractivity contribution is 5.27. The molecule has 0 fully saturated rings. The van der Waals surface area contributed by atoms with Crippen LogP contribution in [0.5, 0.6) is 0 Å². The van der Waals surface area contributed by atoms with E-state index in [4.69, 9.17) is 10.2 Å². The summed E-state index contributed by atoms with van der Waals surface area (Å²) in [7, 11) is 3.81. The van der Waals surface area contributed by atoms with Crippen LogP contribution in [0.3, 0.4) is 0 Å². The second kappa shape index (κ2) is 3.79. The molecule has 0 spiro atoms. The van der Waals surface area contributed by atoms with Crippen molar-refractivity contribution in [2.24, 2.45) is 5.73 Å². The van der Waals surface area contributed by atoms with Crippen LogP contribution in [0.15, 0.2) is 4.42 Å². The van der Waals surface area contributed by atoms with E-state index in [0.29, 0.717) is 6.01 Å². The molecule has 2 N–H and O–H groups in total. The van der Waals surface area contributed by atoms with Crippen LogP contribution in [0, 0.1) is 6.92 Å². The van der Waals surface area contributed by atoms with Crippen molar-refractivity contribution in [2.45, 2.75) is 26.3 Å². The summed E-state index contributed by atoms with van der Waals surface area (Å²) in [6.07, 6.45) is 0.743. The first-order valence-electron chi connectivity index (χ1n) is 4.40. The fraction of sp³-hybridized carbons (Fsp3) is 0.667. The lowest BCUT2D eigenvalue weighted by Gasteiger charge is -2.04. The highest BCUT2D eigenvalue weighted by atomic mass is 16.4. The molecule has 1 aromatic heterocycles. The molecular weight excluding hydrogens is 166 g/mol. The van der Waals surface area contributed by atoms with Crippen molar-refractivity contribution in [1.82, 2.24) is 4.98 Å². The van der Waals surface area contributed by atoms with Crippen molar-refractivity contribution in [3.63, 3.8) is 0 Å². The Bertz CT molecular complexity index is 278. The lowest BCUT2D eigenvalue weighted by atomic mass is 10.2. The fourth-order valence-corrected chi connectivity index (χ4v) is 1.09. The van der Waals surface area contributed by atoms with Crippen LogP contribution in [0.1, 0.15) is 18.4 Å². The predicted molar refractivity (Wildman–Crippen MR) is 52.9 cm³/mol. The quantitative estimate of drug-likeness (QED) is 0.757. The van der Waals surface area contributed by atoms with Gasteiger partial charge in [0.2, 0.25) is 0 Å². The van der Waals surface area contributed by atoms with Crippen molar-refractivity contribution in [1.29, 1.82) is 0 Å². The molecule has 0 saturated heterocycles. The molecule has 0 amide bonds. The van der Waals surface area contributed by atoms with Crippen LogP contribution in [0.2, 0.25) is 0 Å². The second-order valence-electron chi connectivity index (χ2n) is 3.58. The average Bonchev–Trinajstić information content (AvgIpc) is 2.31. The van der Waals surface area contributed by atoms with Gasteiger partial charge in [-0.25, -0.2) is 0 Å². The van der Waals surface area contributed by atoms with Crippen molar-refractivity contribution >= 4 is 6.01 Å². The van der Waals surface area contributed by atoms with Gasteiger partial charge in [0, 0.05) is 26.6 Å². The van der Waals surface area contributed by atoms with Crippen molar-refractivity contribution in [3.05, 3.63) is 11.5 Å². The number of aryl methyl sites for hydroxylation is 1. The fourth-order valence-electron chi connectivity index (χ4n) is 1.09. The van der Waals surface area contributed by atoms with Crippen LogP contribution in [-0.4, -0.2) is 25.1 Å². The van der Waals surface area contributed by atoms with Gasteiger partial charge in [0.25, 0.3) is 6.01 Å². The van der Waals surface area contributed by atoms with E-state index < -0.39 is 0 Å². The van der Waals surface area contributed by atoms with Gasteiger partial charge in [-0.1, -0.05) is 0 Å². The van der Waals surface area contributed by atoms with Crippen LogP contribution in [0.25, 0.3) is 0 Å². The molecule has 13 heavy (non-hydrogen) atoms. The third-order valence-corrected chi connectivity index (χ3v) is 1.77. The van der Waals surface area contributed by atoms with Gasteiger partial charge in [-0.15, -0.1) is 0 Å². The monoisotopic (exact) mass is 183 g/mol. The molecule has 1 aromatic rings. The number of nitrogens with two attached hydrogens (primary N) is 1. The van der Waals surface area contributed by atoms with Gasteiger partial charge in [-0.2, -0.15) is 4.98 Å². The van der Waals surface area contributed by atoms with Crippen LogP contribution in [-0.2, 0) is 6.42 Å². The van der Waals surface area contributed by atoms with Crippen molar-refractivity contribution in [2.75, 3.05) is 19.0 Å². The minimum Gasteiger partial charge on any atom is -0.428 e. The number of hydrogen-bond acceptors (Lipinski definition) is 4. The molecule has 0 aromatic carbocycles. The zero-order chi connectivity index (χ0) is 10.0. The molecule has 0 radical (unpaired) electrons. The Morgan fingerprint density at radius 2 is 2.15 bits per heavy atom. The molecule has 0 aliphatic rings. The van der Waals surface area contributed by atoms with Gasteiger partial charge in [0.05, 0.1) is 5.69 Å². The largest absolute Gasteiger partial charge is 0.428 e. The van der Waals surface area contributed by atoms with E-state index in [1.165, 1.54) is 0 Å². The minimum absolute atomic E-state index is 0.113. The summed E-state index contributed by atoms with van der Waals surface area (Å²) in [5.41, 5.74) is 6.61. The minimum atomic E-state index is 0.113. The maximum Gasteiger partial charge on any atom is 0.297 e. The maximum absolute atomic E-state index is 5.68. The number of rotatable bonds is 3. The molecule has 0 aliphatic carbocycles. The molecule has 1 unspecified atom stereocenters.